The summed E-state index contributed by atoms with van der Waals surface area (Å²) in [6, 6.07) is 17.6. The van der Waals surface area contributed by atoms with E-state index < -0.39 is 10.0 Å². The Bertz CT molecular complexity index is 1090. The number of benzene rings is 2. The molecule has 4 rings (SSSR count). The van der Waals surface area contributed by atoms with Crippen LogP contribution in [-0.4, -0.2) is 68.3 Å². The van der Waals surface area contributed by atoms with Crippen LogP contribution in [0.5, 0.6) is 5.75 Å². The first-order chi connectivity index (χ1) is 14.9. The van der Waals surface area contributed by atoms with Crippen LogP contribution in [0.15, 0.2) is 73.4 Å². The van der Waals surface area contributed by atoms with Crippen LogP contribution in [0, 0.1) is 0 Å². The molecule has 0 radical (unpaired) electrons. The first kappa shape index (κ1) is 23.1. The molecule has 1 aliphatic rings. The number of hydrogen-bond donors (Lipinski definition) is 0. The van der Waals surface area contributed by atoms with Crippen LogP contribution in [0.2, 0.25) is 0 Å². The maximum absolute atomic E-state index is 12.2. The Kier molecular flexibility index (Phi) is 7.90. The highest BCUT2D eigenvalue weighted by atomic mass is 32.2. The van der Waals surface area contributed by atoms with Gasteiger partial charge in [-0.1, -0.05) is 30.3 Å². The molecule has 7 heteroatoms. The normalized spacial score (nSPS) is 15.3. The smallest absolute Gasteiger partial charge is 0.242 e. The fraction of sp³-hybridized carbons (Fsp3) is 0.333. The minimum absolute atomic E-state index is 0.0557. The lowest BCUT2D eigenvalue weighted by Gasteiger charge is -2.32. The third kappa shape index (κ3) is 6.19. The Morgan fingerprint density at radius 3 is 2.35 bits per heavy atom. The summed E-state index contributed by atoms with van der Waals surface area (Å²) >= 11 is 0. The molecule has 3 aromatic rings. The van der Waals surface area contributed by atoms with Crippen LogP contribution in [0.4, 0.5) is 0 Å². The number of rotatable bonds is 6. The van der Waals surface area contributed by atoms with Crippen LogP contribution in [0.25, 0.3) is 10.9 Å². The van der Waals surface area contributed by atoms with Crippen LogP contribution < -0.4 is 4.74 Å². The van der Waals surface area contributed by atoms with E-state index in [2.05, 4.69) is 29.5 Å². The quantitative estimate of drug-likeness (QED) is 0.549. The second kappa shape index (κ2) is 10.6. The van der Waals surface area contributed by atoms with Gasteiger partial charge >= 0.3 is 0 Å². The van der Waals surface area contributed by atoms with Gasteiger partial charge in [-0.15, -0.1) is 6.58 Å². The molecular formula is C24H31N3O3S. The molecule has 0 atom stereocenters. The molecule has 6 nitrogen and oxygen atoms in total. The summed E-state index contributed by atoms with van der Waals surface area (Å²) in [5, 5.41) is 0.962. The maximum atomic E-state index is 12.2. The zero-order chi connectivity index (χ0) is 22.3. The van der Waals surface area contributed by atoms with E-state index >= 15 is 0 Å². The summed E-state index contributed by atoms with van der Waals surface area (Å²) in [5.74, 6) is 0.854. The SMILES string of the molecule is C=CCS(=O)(=O)n1ccc2cc(CN3CCN(C)CC3)ccc21.COc1ccccc1. The summed E-state index contributed by atoms with van der Waals surface area (Å²) in [4.78, 5) is 4.77. The molecule has 2 heterocycles. The van der Waals surface area contributed by atoms with Crippen molar-refractivity contribution in [1.29, 1.82) is 0 Å². The first-order valence-corrected chi connectivity index (χ1v) is 12.0. The first-order valence-electron chi connectivity index (χ1n) is 10.4. The van der Waals surface area contributed by atoms with E-state index in [1.807, 2.05) is 48.5 Å². The largest absolute Gasteiger partial charge is 0.497 e. The molecule has 1 saturated heterocycles. The van der Waals surface area contributed by atoms with Gasteiger partial charge in [0, 0.05) is 44.3 Å². The van der Waals surface area contributed by atoms with Crippen LogP contribution >= 0.6 is 0 Å². The molecule has 166 valence electrons. The average molecular weight is 442 g/mol. The van der Waals surface area contributed by atoms with Gasteiger partial charge in [-0.2, -0.15) is 0 Å². The number of hydrogen-bond acceptors (Lipinski definition) is 5. The fourth-order valence-corrected chi connectivity index (χ4v) is 4.73. The second-order valence-corrected chi connectivity index (χ2v) is 9.56. The zero-order valence-corrected chi connectivity index (χ0v) is 19.1. The molecule has 0 N–H and O–H groups in total. The third-order valence-corrected chi connectivity index (χ3v) is 6.90. The van der Waals surface area contributed by atoms with Gasteiger partial charge in [0.05, 0.1) is 18.4 Å². The topological polar surface area (TPSA) is 54.8 Å². The highest BCUT2D eigenvalue weighted by Gasteiger charge is 2.16. The van der Waals surface area contributed by atoms with Gasteiger partial charge in [-0.3, -0.25) is 4.90 Å². The van der Waals surface area contributed by atoms with Gasteiger partial charge in [0.1, 0.15) is 5.75 Å². The van der Waals surface area contributed by atoms with E-state index in [9.17, 15) is 8.42 Å². The van der Waals surface area contributed by atoms with E-state index in [1.165, 1.54) is 15.6 Å². The Hall–Kier alpha value is -2.61. The van der Waals surface area contributed by atoms with Gasteiger partial charge in [0.15, 0.2) is 0 Å². The van der Waals surface area contributed by atoms with Crippen LogP contribution in [0.1, 0.15) is 5.56 Å². The Morgan fingerprint density at radius 1 is 1.03 bits per heavy atom. The molecule has 31 heavy (non-hydrogen) atoms. The van der Waals surface area contributed by atoms with Crippen molar-refractivity contribution in [3.05, 3.63) is 79.0 Å². The lowest BCUT2D eigenvalue weighted by atomic mass is 10.1. The minimum Gasteiger partial charge on any atom is -0.497 e. The zero-order valence-electron chi connectivity index (χ0n) is 18.3. The van der Waals surface area contributed by atoms with Crippen molar-refractivity contribution in [2.24, 2.45) is 0 Å². The molecule has 1 aliphatic heterocycles. The monoisotopic (exact) mass is 441 g/mol. The van der Waals surface area contributed by atoms with Crippen molar-refractivity contribution in [2.75, 3.05) is 46.1 Å². The number of aromatic nitrogens is 1. The molecule has 0 bridgehead atoms. The van der Waals surface area contributed by atoms with Crippen LogP contribution in [-0.2, 0) is 16.6 Å². The van der Waals surface area contributed by atoms with Crippen molar-refractivity contribution < 1.29 is 13.2 Å². The molecule has 0 saturated carbocycles. The number of para-hydroxylation sites is 1. The molecule has 0 amide bonds. The average Bonchev–Trinajstić information content (AvgIpc) is 3.21. The number of likely N-dealkylation sites (N-methyl/N-ethyl adjacent to an activating group) is 1. The van der Waals surface area contributed by atoms with E-state index in [-0.39, 0.29) is 5.75 Å². The summed E-state index contributed by atoms with van der Waals surface area (Å²) in [5.41, 5.74) is 1.95. The Balaban J connectivity index is 0.000000287. The van der Waals surface area contributed by atoms with E-state index in [0.29, 0.717) is 0 Å². The molecule has 0 aliphatic carbocycles. The molecular weight excluding hydrogens is 410 g/mol. The lowest BCUT2D eigenvalue weighted by Crippen LogP contribution is -2.43. The van der Waals surface area contributed by atoms with Gasteiger partial charge in [-0.05, 0) is 42.9 Å². The van der Waals surface area contributed by atoms with E-state index in [0.717, 1.165) is 49.4 Å². The number of nitrogens with zero attached hydrogens (tertiary/aromatic N) is 3. The number of fused-ring (bicyclic) bond motifs is 1. The van der Waals surface area contributed by atoms with Crippen LogP contribution in [0.3, 0.4) is 0 Å². The maximum Gasteiger partial charge on any atom is 0.242 e. The number of ether oxygens (including phenoxy) is 1. The summed E-state index contributed by atoms with van der Waals surface area (Å²) in [6.07, 6.45) is 3.05. The molecule has 2 aromatic carbocycles. The van der Waals surface area contributed by atoms with Crippen molar-refractivity contribution in [2.45, 2.75) is 6.54 Å². The predicted molar refractivity (Wildman–Crippen MR) is 127 cm³/mol. The highest BCUT2D eigenvalue weighted by Crippen LogP contribution is 2.21. The predicted octanol–water partition coefficient (Wildman–Crippen LogP) is 3.45. The highest BCUT2D eigenvalue weighted by molar-refractivity contribution is 7.90. The molecule has 0 spiro atoms. The summed E-state index contributed by atoms with van der Waals surface area (Å²) < 4.78 is 30.7. The Labute approximate surface area is 185 Å². The van der Waals surface area contributed by atoms with Gasteiger partial charge in [0.25, 0.3) is 0 Å². The van der Waals surface area contributed by atoms with Crippen molar-refractivity contribution in [3.63, 3.8) is 0 Å². The molecule has 0 unspecified atom stereocenters. The fourth-order valence-electron chi connectivity index (χ4n) is 3.56. The van der Waals surface area contributed by atoms with E-state index in [4.69, 9.17) is 4.74 Å². The molecule has 1 fully saturated rings. The number of methoxy groups -OCH3 is 1. The third-order valence-electron chi connectivity index (χ3n) is 5.33. The van der Waals surface area contributed by atoms with E-state index in [1.54, 1.807) is 13.3 Å². The van der Waals surface area contributed by atoms with Gasteiger partial charge in [0.2, 0.25) is 10.0 Å². The Morgan fingerprint density at radius 2 is 1.74 bits per heavy atom. The number of piperazine rings is 1. The molecule has 1 aromatic heterocycles. The summed E-state index contributed by atoms with van der Waals surface area (Å²) in [7, 11) is 0.454. The van der Waals surface area contributed by atoms with Crippen molar-refractivity contribution in [3.8, 4) is 5.75 Å². The standard InChI is InChI=1S/C17H23N3O2S.C7H8O/c1-3-12-23(21,22)20-7-6-16-13-15(4-5-17(16)20)14-19-10-8-18(2)9-11-19;1-8-7-5-3-2-4-6-7/h3-7,13H,1,8-12,14H2,2H3;2-6H,1H3. The van der Waals surface area contributed by atoms with Crippen molar-refractivity contribution in [1.82, 2.24) is 13.8 Å². The summed E-state index contributed by atoms with van der Waals surface area (Å²) in [6.45, 7) is 8.77. The van der Waals surface area contributed by atoms with Gasteiger partial charge in [-0.25, -0.2) is 12.4 Å². The minimum atomic E-state index is -3.36. The van der Waals surface area contributed by atoms with Gasteiger partial charge < -0.3 is 9.64 Å². The van der Waals surface area contributed by atoms with Crippen molar-refractivity contribution >= 4 is 20.9 Å². The second-order valence-electron chi connectivity index (χ2n) is 7.67. The lowest BCUT2D eigenvalue weighted by molar-refractivity contribution is 0.148.